The van der Waals surface area contributed by atoms with Crippen LogP contribution in [0.1, 0.15) is 57.9 Å². The van der Waals surface area contributed by atoms with Crippen LogP contribution in [0.4, 0.5) is 0 Å². The molecule has 8 heteroatoms. The monoisotopic (exact) mass is 438 g/mol. The normalized spacial score (nSPS) is 16.9. The van der Waals surface area contributed by atoms with Crippen molar-refractivity contribution >= 4 is 39.7 Å². The van der Waals surface area contributed by atoms with Crippen molar-refractivity contribution < 1.29 is 28.3 Å². The van der Waals surface area contributed by atoms with Gasteiger partial charge in [0.25, 0.3) is 0 Å². The van der Waals surface area contributed by atoms with Crippen molar-refractivity contribution in [3.8, 4) is 5.88 Å². The highest BCUT2D eigenvalue weighted by Crippen LogP contribution is 2.36. The quantitative estimate of drug-likeness (QED) is 0.352. The van der Waals surface area contributed by atoms with E-state index in [0.29, 0.717) is 42.8 Å². The van der Waals surface area contributed by atoms with Crippen molar-refractivity contribution in [2.45, 2.75) is 58.0 Å². The van der Waals surface area contributed by atoms with Crippen LogP contribution < -0.4 is 10.1 Å². The molecule has 1 fully saturated rings. The lowest BCUT2D eigenvalue weighted by atomic mass is 9.89. The van der Waals surface area contributed by atoms with E-state index in [1.165, 1.54) is 0 Å². The Labute approximate surface area is 185 Å². The number of imide groups is 1. The zero-order valence-corrected chi connectivity index (χ0v) is 18.4. The minimum atomic E-state index is -0.497. The number of nitrogens with zero attached hydrogens (tertiary/aromatic N) is 1. The molecule has 1 aliphatic heterocycles. The lowest BCUT2D eigenvalue weighted by Crippen LogP contribution is -2.39. The van der Waals surface area contributed by atoms with Crippen LogP contribution in [0, 0.1) is 0 Å². The Balaban J connectivity index is 1.49. The first-order valence-electron chi connectivity index (χ1n) is 10.7. The summed E-state index contributed by atoms with van der Waals surface area (Å²) in [6, 6.07) is 7.30. The number of fused-ring (bicyclic) bond motifs is 3. The van der Waals surface area contributed by atoms with Crippen molar-refractivity contribution in [1.82, 2.24) is 10.3 Å². The number of esters is 1. The predicted molar refractivity (Wildman–Crippen MR) is 117 cm³/mol. The van der Waals surface area contributed by atoms with E-state index in [1.807, 2.05) is 39.0 Å². The van der Waals surface area contributed by atoms with Gasteiger partial charge >= 0.3 is 5.97 Å². The Kier molecular flexibility index (Phi) is 5.86. The Hall–Kier alpha value is -3.42. The fourth-order valence-corrected chi connectivity index (χ4v) is 3.86. The third-order valence-electron chi connectivity index (χ3n) is 5.22. The van der Waals surface area contributed by atoms with Gasteiger partial charge in [-0.05, 0) is 51.8 Å². The van der Waals surface area contributed by atoms with E-state index in [-0.39, 0.29) is 24.2 Å². The molecular weight excluding hydrogens is 412 g/mol. The Morgan fingerprint density at radius 1 is 1.22 bits per heavy atom. The fraction of sp³-hybridized carbons (Fsp3) is 0.417. The number of furan rings is 1. The van der Waals surface area contributed by atoms with Crippen LogP contribution in [0.5, 0.6) is 5.88 Å². The zero-order valence-electron chi connectivity index (χ0n) is 18.4. The van der Waals surface area contributed by atoms with Crippen molar-refractivity contribution in [3.05, 3.63) is 36.1 Å². The van der Waals surface area contributed by atoms with Gasteiger partial charge in [-0.3, -0.25) is 19.7 Å². The van der Waals surface area contributed by atoms with Crippen LogP contribution >= 0.6 is 0 Å². The first-order valence-corrected chi connectivity index (χ1v) is 10.7. The summed E-state index contributed by atoms with van der Waals surface area (Å²) in [6.45, 7) is 5.85. The third-order valence-corrected chi connectivity index (χ3v) is 5.22. The number of piperidine rings is 1. The van der Waals surface area contributed by atoms with Crippen molar-refractivity contribution in [1.29, 1.82) is 0 Å². The molecule has 8 nitrogen and oxygen atoms in total. The fourth-order valence-electron chi connectivity index (χ4n) is 3.86. The number of aromatic nitrogens is 1. The number of carbonyl (C=O) groups is 3. The molecule has 32 heavy (non-hydrogen) atoms. The number of nitrogens with one attached hydrogen (secondary N) is 1. The largest absolute Gasteiger partial charge is 0.478 e. The Morgan fingerprint density at radius 2 is 2.03 bits per heavy atom. The summed E-state index contributed by atoms with van der Waals surface area (Å²) in [5.74, 6) is -0.802. The molecule has 1 saturated heterocycles. The summed E-state index contributed by atoms with van der Waals surface area (Å²) in [7, 11) is 0. The maximum atomic E-state index is 12.4. The molecule has 0 aliphatic carbocycles. The minimum absolute atomic E-state index is 0.251. The number of hydrogen-bond donors (Lipinski definition) is 1. The molecule has 0 saturated carbocycles. The molecule has 0 radical (unpaired) electrons. The molecule has 2 aromatic heterocycles. The predicted octanol–water partition coefficient (Wildman–Crippen LogP) is 4.00. The van der Waals surface area contributed by atoms with E-state index in [4.69, 9.17) is 13.9 Å². The average molecular weight is 438 g/mol. The van der Waals surface area contributed by atoms with Gasteiger partial charge < -0.3 is 13.9 Å². The molecular formula is C24H26N2O6. The standard InChI is InChI=1S/C24H26N2O6/c1-24(2,3)32-21(28)5-4-12-30-20-11-7-15-17(25-20)8-9-18-22(15)16(13-31-18)14-6-10-19(27)26-23(14)29/h7-9,11,13-14H,4-6,10,12H2,1-3H3,(H,26,27,29)/t14-/m0/s1. The van der Waals surface area contributed by atoms with Gasteiger partial charge in [0.2, 0.25) is 17.7 Å². The SMILES string of the molecule is CC(C)(C)OC(=O)CCCOc1ccc2c(ccc3occ([C@@H]4CCC(=O)NC4=O)c32)n1. The number of benzene rings is 1. The van der Waals surface area contributed by atoms with Gasteiger partial charge in [-0.2, -0.15) is 0 Å². The number of pyridine rings is 1. The number of ether oxygens (including phenoxy) is 2. The van der Waals surface area contributed by atoms with Crippen LogP contribution in [0.2, 0.25) is 0 Å². The number of carbonyl (C=O) groups excluding carboxylic acids is 3. The molecule has 3 aromatic rings. The molecule has 4 rings (SSSR count). The lowest BCUT2D eigenvalue weighted by Gasteiger charge is -2.20. The van der Waals surface area contributed by atoms with E-state index in [2.05, 4.69) is 10.3 Å². The van der Waals surface area contributed by atoms with Gasteiger partial charge in [0.15, 0.2) is 0 Å². The van der Waals surface area contributed by atoms with Gasteiger partial charge in [0.05, 0.1) is 24.3 Å². The van der Waals surface area contributed by atoms with Crippen LogP contribution in [-0.4, -0.2) is 35.0 Å². The first kappa shape index (κ1) is 21.8. The lowest BCUT2D eigenvalue weighted by molar-refractivity contribution is -0.155. The molecule has 0 spiro atoms. The summed E-state index contributed by atoms with van der Waals surface area (Å²) in [6.07, 6.45) is 3.13. The molecule has 0 bridgehead atoms. The van der Waals surface area contributed by atoms with E-state index in [1.54, 1.807) is 12.3 Å². The van der Waals surface area contributed by atoms with Gasteiger partial charge in [-0.1, -0.05) is 0 Å². The van der Waals surface area contributed by atoms with Gasteiger partial charge in [-0.25, -0.2) is 4.98 Å². The summed E-state index contributed by atoms with van der Waals surface area (Å²) in [4.78, 5) is 40.2. The van der Waals surface area contributed by atoms with Crippen molar-refractivity contribution in [3.63, 3.8) is 0 Å². The number of hydrogen-bond acceptors (Lipinski definition) is 7. The van der Waals surface area contributed by atoms with Crippen molar-refractivity contribution in [2.75, 3.05) is 6.61 Å². The summed E-state index contributed by atoms with van der Waals surface area (Å²) in [5, 5.41) is 4.07. The van der Waals surface area contributed by atoms with Gasteiger partial charge in [0, 0.05) is 35.2 Å². The van der Waals surface area contributed by atoms with Crippen LogP contribution in [0.3, 0.4) is 0 Å². The Morgan fingerprint density at radius 3 is 2.78 bits per heavy atom. The third kappa shape index (κ3) is 4.74. The summed E-state index contributed by atoms with van der Waals surface area (Å²) in [5.41, 5.74) is 1.62. The van der Waals surface area contributed by atoms with Crippen LogP contribution in [0.25, 0.3) is 21.9 Å². The van der Waals surface area contributed by atoms with Crippen molar-refractivity contribution in [2.24, 2.45) is 0 Å². The second kappa shape index (κ2) is 8.61. The smallest absolute Gasteiger partial charge is 0.306 e. The molecule has 0 unspecified atom stereocenters. The van der Waals surface area contributed by atoms with Gasteiger partial charge in [-0.15, -0.1) is 0 Å². The second-order valence-electron chi connectivity index (χ2n) is 8.89. The highest BCUT2D eigenvalue weighted by molar-refractivity contribution is 6.09. The zero-order chi connectivity index (χ0) is 22.9. The van der Waals surface area contributed by atoms with Gasteiger partial charge in [0.1, 0.15) is 11.2 Å². The Bertz CT molecular complexity index is 1190. The topological polar surface area (TPSA) is 108 Å². The van der Waals surface area contributed by atoms with Crippen LogP contribution in [-0.2, 0) is 19.1 Å². The van der Waals surface area contributed by atoms with Crippen LogP contribution in [0.15, 0.2) is 34.9 Å². The van der Waals surface area contributed by atoms with E-state index < -0.39 is 11.5 Å². The molecule has 1 aromatic carbocycles. The molecule has 168 valence electrons. The maximum absolute atomic E-state index is 12.4. The number of amides is 2. The first-order chi connectivity index (χ1) is 15.2. The highest BCUT2D eigenvalue weighted by Gasteiger charge is 2.31. The molecule has 2 amide bonds. The summed E-state index contributed by atoms with van der Waals surface area (Å²) >= 11 is 0. The molecule has 1 N–H and O–H groups in total. The molecule has 1 atom stereocenters. The maximum Gasteiger partial charge on any atom is 0.306 e. The van der Waals surface area contributed by atoms with E-state index >= 15 is 0 Å². The minimum Gasteiger partial charge on any atom is -0.478 e. The molecule has 1 aliphatic rings. The summed E-state index contributed by atoms with van der Waals surface area (Å²) < 4.78 is 16.7. The number of rotatable bonds is 6. The average Bonchev–Trinajstić information content (AvgIpc) is 3.14. The highest BCUT2D eigenvalue weighted by atomic mass is 16.6. The van der Waals surface area contributed by atoms with E-state index in [0.717, 1.165) is 16.3 Å². The second-order valence-corrected chi connectivity index (χ2v) is 8.89. The molecule has 3 heterocycles. The van der Waals surface area contributed by atoms with E-state index in [9.17, 15) is 14.4 Å².